The van der Waals surface area contributed by atoms with E-state index in [-0.39, 0.29) is 24.0 Å². The van der Waals surface area contributed by atoms with Crippen molar-refractivity contribution in [2.45, 2.75) is 91.6 Å². The second kappa shape index (κ2) is 13.5. The lowest BCUT2D eigenvalue weighted by Crippen LogP contribution is -2.25. The van der Waals surface area contributed by atoms with Crippen LogP contribution < -0.4 is 4.74 Å². The standard InChI is InChI=1S/C31H42O4/c1-5-8-24-9-11-27(12-10-24)31(33)35-29-19-17-26(18-20-29)25-13-15-28(16-14-25)30(32)34-22(4)21-23(6-2)7-3/h13-20,22-24,27H,5-12,21H2,1-4H3/t22-,24-,27-/m1/s1. The summed E-state index contributed by atoms with van der Waals surface area (Å²) >= 11 is 0. The molecule has 2 aromatic rings. The molecule has 1 atom stereocenters. The van der Waals surface area contributed by atoms with E-state index in [4.69, 9.17) is 9.47 Å². The second-order valence-electron chi connectivity index (χ2n) is 10.2. The van der Waals surface area contributed by atoms with Gasteiger partial charge in [0.15, 0.2) is 0 Å². The molecule has 0 amide bonds. The zero-order valence-electron chi connectivity index (χ0n) is 21.9. The van der Waals surface area contributed by atoms with Crippen LogP contribution in [0, 0.1) is 17.8 Å². The van der Waals surface area contributed by atoms with Crippen LogP contribution in [0.1, 0.15) is 95.8 Å². The molecule has 190 valence electrons. The Hall–Kier alpha value is -2.62. The molecular weight excluding hydrogens is 436 g/mol. The number of hydrogen-bond donors (Lipinski definition) is 0. The SMILES string of the molecule is CCC[C@H]1CC[C@H](C(=O)Oc2ccc(-c3ccc(C(=O)O[C@H](C)CC(CC)CC)cc3)cc2)CC1. The zero-order chi connectivity index (χ0) is 25.2. The van der Waals surface area contributed by atoms with Crippen LogP contribution >= 0.6 is 0 Å². The summed E-state index contributed by atoms with van der Waals surface area (Å²) in [6.45, 7) is 8.55. The quantitative estimate of drug-likeness (QED) is 0.241. The van der Waals surface area contributed by atoms with E-state index in [2.05, 4.69) is 20.8 Å². The van der Waals surface area contributed by atoms with Gasteiger partial charge >= 0.3 is 11.9 Å². The van der Waals surface area contributed by atoms with Gasteiger partial charge in [0.1, 0.15) is 5.75 Å². The van der Waals surface area contributed by atoms with E-state index in [1.165, 1.54) is 12.8 Å². The van der Waals surface area contributed by atoms with Crippen molar-refractivity contribution in [1.82, 2.24) is 0 Å². The number of ether oxygens (including phenoxy) is 2. The molecule has 0 radical (unpaired) electrons. The van der Waals surface area contributed by atoms with Gasteiger partial charge in [0.2, 0.25) is 0 Å². The fourth-order valence-corrected chi connectivity index (χ4v) is 5.20. The number of benzene rings is 2. The maximum absolute atomic E-state index is 12.6. The van der Waals surface area contributed by atoms with Gasteiger partial charge < -0.3 is 9.47 Å². The molecule has 0 bridgehead atoms. The highest BCUT2D eigenvalue weighted by Crippen LogP contribution is 2.33. The van der Waals surface area contributed by atoms with Crippen LogP contribution in [0.5, 0.6) is 5.75 Å². The Morgan fingerprint density at radius 1 is 0.857 bits per heavy atom. The Kier molecular flexibility index (Phi) is 10.4. The Bertz CT molecular complexity index is 919. The Morgan fingerprint density at radius 3 is 1.97 bits per heavy atom. The normalized spacial score (nSPS) is 18.8. The van der Waals surface area contributed by atoms with Gasteiger partial charge in [0, 0.05) is 0 Å². The molecule has 0 spiro atoms. The van der Waals surface area contributed by atoms with Crippen LogP contribution in [0.25, 0.3) is 11.1 Å². The van der Waals surface area contributed by atoms with E-state index < -0.39 is 0 Å². The number of hydrogen-bond acceptors (Lipinski definition) is 4. The van der Waals surface area contributed by atoms with E-state index in [9.17, 15) is 9.59 Å². The van der Waals surface area contributed by atoms with Crippen LogP contribution in [-0.4, -0.2) is 18.0 Å². The summed E-state index contributed by atoms with van der Waals surface area (Å²) in [4.78, 5) is 25.1. The largest absolute Gasteiger partial charge is 0.459 e. The molecule has 0 unspecified atom stereocenters. The first-order chi connectivity index (χ1) is 16.9. The Morgan fingerprint density at radius 2 is 1.43 bits per heavy atom. The minimum atomic E-state index is -0.277. The summed E-state index contributed by atoms with van der Waals surface area (Å²) in [5.41, 5.74) is 2.56. The fraction of sp³-hybridized carbons (Fsp3) is 0.548. The summed E-state index contributed by atoms with van der Waals surface area (Å²) < 4.78 is 11.3. The Labute approximate surface area is 211 Å². The molecule has 1 aliphatic rings. The zero-order valence-corrected chi connectivity index (χ0v) is 21.9. The monoisotopic (exact) mass is 478 g/mol. The molecule has 1 aliphatic carbocycles. The summed E-state index contributed by atoms with van der Waals surface area (Å²) in [6.07, 6.45) is 9.64. The van der Waals surface area contributed by atoms with Crippen LogP contribution in [0.15, 0.2) is 48.5 Å². The predicted molar refractivity (Wildman–Crippen MR) is 141 cm³/mol. The van der Waals surface area contributed by atoms with Crippen molar-refractivity contribution in [3.8, 4) is 16.9 Å². The van der Waals surface area contributed by atoms with Gasteiger partial charge in [0.05, 0.1) is 17.6 Å². The van der Waals surface area contributed by atoms with E-state index in [1.807, 2.05) is 55.5 Å². The minimum absolute atomic E-state index is 0.0210. The van der Waals surface area contributed by atoms with Gasteiger partial charge in [0.25, 0.3) is 0 Å². The molecule has 1 saturated carbocycles. The number of rotatable bonds is 11. The van der Waals surface area contributed by atoms with Crippen molar-refractivity contribution < 1.29 is 19.1 Å². The average Bonchev–Trinajstić information content (AvgIpc) is 2.88. The highest BCUT2D eigenvalue weighted by atomic mass is 16.5. The van der Waals surface area contributed by atoms with Crippen LogP contribution in [0.3, 0.4) is 0 Å². The smallest absolute Gasteiger partial charge is 0.338 e. The summed E-state index contributed by atoms with van der Waals surface area (Å²) in [5, 5.41) is 0. The molecule has 0 aromatic heterocycles. The maximum atomic E-state index is 12.6. The Balaban J connectivity index is 1.52. The van der Waals surface area contributed by atoms with Crippen molar-refractivity contribution in [1.29, 1.82) is 0 Å². The minimum Gasteiger partial charge on any atom is -0.459 e. The lowest BCUT2D eigenvalue weighted by Gasteiger charge is -2.26. The van der Waals surface area contributed by atoms with E-state index in [0.29, 0.717) is 17.2 Å². The average molecular weight is 479 g/mol. The van der Waals surface area contributed by atoms with E-state index in [1.54, 1.807) is 0 Å². The van der Waals surface area contributed by atoms with Crippen LogP contribution in [0.2, 0.25) is 0 Å². The van der Waals surface area contributed by atoms with Crippen LogP contribution in [0.4, 0.5) is 0 Å². The van der Waals surface area contributed by atoms with Gasteiger partial charge in [-0.1, -0.05) is 70.7 Å². The number of carbonyl (C=O) groups is 2. The fourth-order valence-electron chi connectivity index (χ4n) is 5.20. The molecule has 4 heteroatoms. The summed E-state index contributed by atoms with van der Waals surface area (Å²) in [5.74, 6) is 1.58. The van der Waals surface area contributed by atoms with Gasteiger partial charge in [-0.15, -0.1) is 0 Å². The van der Waals surface area contributed by atoms with Crippen molar-refractivity contribution >= 4 is 11.9 Å². The molecule has 2 aromatic carbocycles. The van der Waals surface area contributed by atoms with Crippen molar-refractivity contribution in [2.75, 3.05) is 0 Å². The highest BCUT2D eigenvalue weighted by molar-refractivity contribution is 5.90. The van der Waals surface area contributed by atoms with E-state index in [0.717, 1.165) is 62.0 Å². The first-order valence-electron chi connectivity index (χ1n) is 13.6. The third kappa shape index (κ3) is 7.95. The number of esters is 2. The summed E-state index contributed by atoms with van der Waals surface area (Å²) in [6, 6.07) is 15.1. The van der Waals surface area contributed by atoms with Gasteiger partial charge in [-0.05, 0) is 86.3 Å². The molecule has 0 aliphatic heterocycles. The molecule has 1 fully saturated rings. The van der Waals surface area contributed by atoms with Crippen LogP contribution in [-0.2, 0) is 9.53 Å². The predicted octanol–water partition coefficient (Wildman–Crippen LogP) is 8.24. The lowest BCUT2D eigenvalue weighted by atomic mass is 9.80. The van der Waals surface area contributed by atoms with Crippen molar-refractivity contribution in [3.05, 3.63) is 54.1 Å². The number of carbonyl (C=O) groups excluding carboxylic acids is 2. The molecular formula is C31H42O4. The first-order valence-corrected chi connectivity index (χ1v) is 13.6. The maximum Gasteiger partial charge on any atom is 0.338 e. The third-order valence-electron chi connectivity index (χ3n) is 7.53. The van der Waals surface area contributed by atoms with Gasteiger partial charge in [-0.3, -0.25) is 4.79 Å². The molecule has 35 heavy (non-hydrogen) atoms. The molecule has 0 saturated heterocycles. The molecule has 0 heterocycles. The molecule has 0 N–H and O–H groups in total. The third-order valence-corrected chi connectivity index (χ3v) is 7.53. The second-order valence-corrected chi connectivity index (χ2v) is 10.2. The lowest BCUT2D eigenvalue weighted by molar-refractivity contribution is -0.140. The van der Waals surface area contributed by atoms with E-state index >= 15 is 0 Å². The first kappa shape index (κ1) is 27.0. The highest BCUT2D eigenvalue weighted by Gasteiger charge is 2.27. The summed E-state index contributed by atoms with van der Waals surface area (Å²) in [7, 11) is 0. The van der Waals surface area contributed by atoms with Gasteiger partial charge in [-0.2, -0.15) is 0 Å². The topological polar surface area (TPSA) is 52.6 Å². The van der Waals surface area contributed by atoms with Crippen molar-refractivity contribution in [2.24, 2.45) is 17.8 Å². The molecule has 4 nitrogen and oxygen atoms in total. The molecule has 3 rings (SSSR count). The van der Waals surface area contributed by atoms with Crippen molar-refractivity contribution in [3.63, 3.8) is 0 Å². The van der Waals surface area contributed by atoms with Gasteiger partial charge in [-0.25, -0.2) is 4.79 Å².